The van der Waals surface area contributed by atoms with E-state index in [4.69, 9.17) is 0 Å². The molecule has 4 aromatic rings. The summed E-state index contributed by atoms with van der Waals surface area (Å²) in [5.74, 6) is 0. The van der Waals surface area contributed by atoms with Gasteiger partial charge in [-0.2, -0.15) is 0 Å². The summed E-state index contributed by atoms with van der Waals surface area (Å²) in [5.41, 5.74) is 2.35. The zero-order chi connectivity index (χ0) is 14.1. The van der Waals surface area contributed by atoms with Gasteiger partial charge in [-0.15, -0.1) is 0 Å². The molecule has 0 atom stereocenters. The summed E-state index contributed by atoms with van der Waals surface area (Å²) < 4.78 is 2.93. The second kappa shape index (κ2) is 5.53. The molecule has 0 aliphatic carbocycles. The van der Waals surface area contributed by atoms with Crippen molar-refractivity contribution in [2.24, 2.45) is 0 Å². The van der Waals surface area contributed by atoms with Crippen LogP contribution in [0.5, 0.6) is 0 Å². The fraction of sp³-hybridized carbons (Fsp3) is 0. The van der Waals surface area contributed by atoms with Crippen molar-refractivity contribution in [1.82, 2.24) is 9.97 Å². The number of aromatic nitrogens is 2. The van der Waals surface area contributed by atoms with Crippen LogP contribution in [0.25, 0.3) is 21.8 Å². The molecule has 0 saturated heterocycles. The van der Waals surface area contributed by atoms with Crippen LogP contribution >= 0.6 is 0 Å². The van der Waals surface area contributed by atoms with E-state index in [1.54, 1.807) is 0 Å². The number of fused-ring (bicyclic) bond motifs is 2. The van der Waals surface area contributed by atoms with Crippen molar-refractivity contribution in [2.45, 2.75) is 0 Å². The quantitative estimate of drug-likeness (QED) is 0.434. The normalized spacial score (nSPS) is 10.7. The van der Waals surface area contributed by atoms with Crippen LogP contribution in [-0.4, -0.2) is 9.97 Å². The summed E-state index contributed by atoms with van der Waals surface area (Å²) in [4.78, 5) is 9.19. The molecule has 2 aromatic heterocycles. The van der Waals surface area contributed by atoms with E-state index in [1.807, 2.05) is 24.5 Å². The van der Waals surface area contributed by atoms with Gasteiger partial charge in [0.25, 0.3) is 0 Å². The summed E-state index contributed by atoms with van der Waals surface area (Å²) in [6.45, 7) is 0. The fourth-order valence-corrected chi connectivity index (χ4v) is 9.99. The third kappa shape index (κ3) is 2.44. The molecule has 21 heavy (non-hydrogen) atoms. The minimum atomic E-state index is -1.47. The van der Waals surface area contributed by atoms with Crippen LogP contribution in [0.1, 0.15) is 0 Å². The molecule has 0 bridgehead atoms. The van der Waals surface area contributed by atoms with Crippen LogP contribution in [0.4, 0.5) is 0 Å². The van der Waals surface area contributed by atoms with Crippen LogP contribution in [-0.2, 0) is 24.6 Å². The Morgan fingerprint density at radius 3 is 1.57 bits per heavy atom. The first-order valence-electron chi connectivity index (χ1n) is 7.07. The molecular weight excluding hydrogens is 445 g/mol. The summed E-state index contributed by atoms with van der Waals surface area (Å²) in [6, 6.07) is 21.4. The standard InChI is InChI=1S/2C9H6N.Hg/c2*1-2-6-9-8(4-1)5-3-7-10-9;/h2*1-5,7H;. The number of hydrogen-bond donors (Lipinski definition) is 0. The molecule has 0 unspecified atom stereocenters. The van der Waals surface area contributed by atoms with E-state index in [0.29, 0.717) is 0 Å². The number of para-hydroxylation sites is 2. The van der Waals surface area contributed by atoms with E-state index in [9.17, 15) is 0 Å². The molecule has 2 nitrogen and oxygen atoms in total. The number of nitrogens with zero attached hydrogens (tertiary/aromatic N) is 2. The van der Waals surface area contributed by atoms with Gasteiger partial charge in [-0.05, 0) is 0 Å². The van der Waals surface area contributed by atoms with Gasteiger partial charge in [-0.1, -0.05) is 0 Å². The Balaban J connectivity index is 1.87. The first-order chi connectivity index (χ1) is 10.4. The van der Waals surface area contributed by atoms with Crippen molar-refractivity contribution in [3.63, 3.8) is 0 Å². The van der Waals surface area contributed by atoms with E-state index in [-0.39, 0.29) is 0 Å². The van der Waals surface area contributed by atoms with E-state index in [0.717, 1.165) is 0 Å². The molecule has 0 aliphatic rings. The molecule has 2 aromatic carbocycles. The number of benzene rings is 2. The third-order valence-corrected chi connectivity index (χ3v) is 11.2. The van der Waals surface area contributed by atoms with E-state index >= 15 is 0 Å². The van der Waals surface area contributed by atoms with E-state index in [1.165, 1.54) is 28.0 Å². The molecule has 0 radical (unpaired) electrons. The Hall–Kier alpha value is -1.80. The van der Waals surface area contributed by atoms with Crippen molar-refractivity contribution in [3.05, 3.63) is 73.1 Å². The predicted molar refractivity (Wildman–Crippen MR) is 82.8 cm³/mol. The van der Waals surface area contributed by atoms with Gasteiger partial charge in [0.2, 0.25) is 0 Å². The summed E-state index contributed by atoms with van der Waals surface area (Å²) in [5, 5.41) is 2.48. The Bertz CT molecular complexity index is 846. The Labute approximate surface area is 135 Å². The van der Waals surface area contributed by atoms with Gasteiger partial charge in [0.05, 0.1) is 0 Å². The van der Waals surface area contributed by atoms with Gasteiger partial charge in [0, 0.05) is 0 Å². The molecule has 0 amide bonds. The first kappa shape index (κ1) is 12.9. The number of rotatable bonds is 2. The summed E-state index contributed by atoms with van der Waals surface area (Å²) >= 11 is -1.47. The minimum absolute atomic E-state index is 1.18. The molecule has 0 saturated carbocycles. The van der Waals surface area contributed by atoms with Crippen LogP contribution in [0.2, 0.25) is 0 Å². The Kier molecular flexibility index (Phi) is 3.40. The molecule has 3 heteroatoms. The van der Waals surface area contributed by atoms with Crippen LogP contribution in [0, 0.1) is 0 Å². The van der Waals surface area contributed by atoms with Crippen LogP contribution in [0.15, 0.2) is 73.1 Å². The van der Waals surface area contributed by atoms with Crippen molar-refractivity contribution in [2.75, 3.05) is 0 Å². The maximum absolute atomic E-state index is 4.59. The SMILES string of the molecule is c1cnc2[c]([Hg][c]3cccc4cccnc34)cccc2c1. The van der Waals surface area contributed by atoms with Crippen molar-refractivity contribution >= 4 is 28.0 Å². The van der Waals surface area contributed by atoms with Gasteiger partial charge >= 0.3 is 136 Å². The molecule has 96 valence electrons. The fourth-order valence-electron chi connectivity index (χ4n) is 2.83. The van der Waals surface area contributed by atoms with Gasteiger partial charge in [-0.3, -0.25) is 0 Å². The van der Waals surface area contributed by atoms with E-state index < -0.39 is 24.6 Å². The van der Waals surface area contributed by atoms with Crippen LogP contribution < -0.4 is 6.14 Å². The van der Waals surface area contributed by atoms with Crippen LogP contribution in [0.3, 0.4) is 0 Å². The second-order valence-electron chi connectivity index (χ2n) is 5.16. The monoisotopic (exact) mass is 458 g/mol. The zero-order valence-corrected chi connectivity index (χ0v) is 17.0. The Morgan fingerprint density at radius 2 is 1.05 bits per heavy atom. The molecule has 0 N–H and O–H groups in total. The number of pyridine rings is 2. The average molecular weight is 457 g/mol. The molecular formula is C18H12HgN2. The second-order valence-corrected chi connectivity index (χ2v) is 12.5. The van der Waals surface area contributed by atoms with Crippen molar-refractivity contribution in [3.8, 4) is 0 Å². The third-order valence-electron chi connectivity index (χ3n) is 3.81. The van der Waals surface area contributed by atoms with Crippen molar-refractivity contribution in [1.29, 1.82) is 0 Å². The Morgan fingerprint density at radius 1 is 0.571 bits per heavy atom. The number of hydrogen-bond acceptors (Lipinski definition) is 2. The first-order valence-corrected chi connectivity index (χ1v) is 12.6. The molecule has 0 spiro atoms. The van der Waals surface area contributed by atoms with Gasteiger partial charge < -0.3 is 0 Å². The molecule has 4 rings (SSSR count). The summed E-state index contributed by atoms with van der Waals surface area (Å²) in [7, 11) is 0. The van der Waals surface area contributed by atoms with Gasteiger partial charge in [0.1, 0.15) is 0 Å². The predicted octanol–water partition coefficient (Wildman–Crippen LogP) is 2.82. The topological polar surface area (TPSA) is 25.8 Å². The molecule has 0 fully saturated rings. The molecule has 0 aliphatic heterocycles. The van der Waals surface area contributed by atoms with Crippen molar-refractivity contribution < 1.29 is 24.6 Å². The maximum atomic E-state index is 4.59. The zero-order valence-electron chi connectivity index (χ0n) is 11.5. The van der Waals surface area contributed by atoms with Gasteiger partial charge in [-0.25, -0.2) is 0 Å². The van der Waals surface area contributed by atoms with Gasteiger partial charge in [0.15, 0.2) is 0 Å². The van der Waals surface area contributed by atoms with E-state index in [2.05, 4.69) is 58.5 Å². The average Bonchev–Trinajstić information content (AvgIpc) is 2.56. The molecule has 2 heterocycles. The summed E-state index contributed by atoms with van der Waals surface area (Å²) in [6.07, 6.45) is 3.78.